The second-order valence-corrected chi connectivity index (χ2v) is 6.93. The number of hydrogen-bond donors (Lipinski definition) is 0. The first-order valence-corrected chi connectivity index (χ1v) is 9.83. The molecule has 1 unspecified atom stereocenters. The number of nitrogens with zero attached hydrogens (tertiary/aromatic N) is 6. The monoisotopic (exact) mass is 436 g/mol. The number of hydrogen-bond acceptors (Lipinski definition) is 9. The highest BCUT2D eigenvalue weighted by molar-refractivity contribution is 6.31. The van der Waals surface area contributed by atoms with E-state index in [1.807, 2.05) is 7.05 Å². The Bertz CT molecular complexity index is 831. The van der Waals surface area contributed by atoms with Gasteiger partial charge in [-0.25, -0.2) is 0 Å². The zero-order valence-corrected chi connectivity index (χ0v) is 17.6. The van der Waals surface area contributed by atoms with Crippen LogP contribution in [0.1, 0.15) is 5.69 Å². The Morgan fingerprint density at radius 2 is 1.77 bits per heavy atom. The maximum absolute atomic E-state index is 6.22. The van der Waals surface area contributed by atoms with E-state index in [9.17, 15) is 0 Å². The van der Waals surface area contributed by atoms with Crippen molar-refractivity contribution in [2.24, 2.45) is 7.05 Å². The number of aromatic nitrogens is 5. The minimum Gasteiger partial charge on any atom is -0.460 e. The topological polar surface area (TPSA) is 96.7 Å². The first-order chi connectivity index (χ1) is 14.6. The van der Waals surface area contributed by atoms with Crippen molar-refractivity contribution < 1.29 is 18.9 Å². The Balaban J connectivity index is 1.58. The number of rotatable bonds is 11. The van der Waals surface area contributed by atoms with Crippen LogP contribution in [0.5, 0.6) is 18.0 Å². The molecule has 0 bridgehead atoms. The molecule has 162 valence electrons. The summed E-state index contributed by atoms with van der Waals surface area (Å²) in [7, 11) is 1.85. The third kappa shape index (κ3) is 6.41. The number of morpholine rings is 1. The van der Waals surface area contributed by atoms with Gasteiger partial charge in [0.05, 0.1) is 17.3 Å². The average Bonchev–Trinajstić information content (AvgIpc) is 3.06. The molecule has 2 aromatic heterocycles. The Morgan fingerprint density at radius 1 is 1.13 bits per heavy atom. The van der Waals surface area contributed by atoms with Crippen LogP contribution in [0.3, 0.4) is 0 Å². The molecule has 0 N–H and O–H groups in total. The standard InChI is InChI=1S/C19H25ClN6O4/c1-4-7-28-17-21-18(29-8-5-2)23-19(22-17)30-13-14-10-26(6-9-27-14)12-16-15(20)11-25(3)24-16/h4-5,11,14H,1-2,6-10,12-13H2,3H3. The van der Waals surface area contributed by atoms with Crippen molar-refractivity contribution in [1.82, 2.24) is 29.6 Å². The van der Waals surface area contributed by atoms with Gasteiger partial charge in [0, 0.05) is 32.9 Å². The first kappa shape index (κ1) is 22.0. The van der Waals surface area contributed by atoms with Gasteiger partial charge in [-0.15, -0.1) is 15.0 Å². The second-order valence-electron chi connectivity index (χ2n) is 6.52. The van der Waals surface area contributed by atoms with Crippen molar-refractivity contribution in [3.8, 4) is 18.0 Å². The minimum absolute atomic E-state index is 0.0925. The van der Waals surface area contributed by atoms with Crippen LogP contribution >= 0.6 is 11.6 Å². The van der Waals surface area contributed by atoms with E-state index in [4.69, 9.17) is 30.5 Å². The molecule has 11 heteroatoms. The van der Waals surface area contributed by atoms with Crippen LogP contribution in [-0.2, 0) is 18.3 Å². The molecular formula is C19H25ClN6O4. The molecule has 1 fully saturated rings. The fraction of sp³-hybridized carbons (Fsp3) is 0.474. The van der Waals surface area contributed by atoms with Crippen molar-refractivity contribution in [2.45, 2.75) is 12.6 Å². The fourth-order valence-corrected chi connectivity index (χ4v) is 3.04. The summed E-state index contributed by atoms with van der Waals surface area (Å²) >= 11 is 6.22. The van der Waals surface area contributed by atoms with Crippen LogP contribution in [0.2, 0.25) is 5.02 Å². The zero-order chi connectivity index (χ0) is 21.3. The molecule has 0 aliphatic carbocycles. The lowest BCUT2D eigenvalue weighted by atomic mass is 10.2. The Hall–Kier alpha value is -2.69. The number of aryl methyl sites for hydroxylation is 1. The highest BCUT2D eigenvalue weighted by Gasteiger charge is 2.23. The van der Waals surface area contributed by atoms with E-state index >= 15 is 0 Å². The van der Waals surface area contributed by atoms with Gasteiger partial charge in [0.2, 0.25) is 0 Å². The molecule has 30 heavy (non-hydrogen) atoms. The predicted molar refractivity (Wildman–Crippen MR) is 110 cm³/mol. The highest BCUT2D eigenvalue weighted by atomic mass is 35.5. The average molecular weight is 437 g/mol. The third-order valence-electron chi connectivity index (χ3n) is 4.08. The van der Waals surface area contributed by atoms with Gasteiger partial charge in [0.1, 0.15) is 25.9 Å². The molecule has 3 heterocycles. The Morgan fingerprint density at radius 3 is 2.33 bits per heavy atom. The fourth-order valence-electron chi connectivity index (χ4n) is 2.80. The lowest BCUT2D eigenvalue weighted by Crippen LogP contribution is -2.44. The van der Waals surface area contributed by atoms with Crippen molar-refractivity contribution >= 4 is 11.6 Å². The third-order valence-corrected chi connectivity index (χ3v) is 4.40. The molecule has 0 saturated carbocycles. The molecule has 2 aromatic rings. The van der Waals surface area contributed by atoms with Crippen molar-refractivity contribution in [1.29, 1.82) is 0 Å². The van der Waals surface area contributed by atoms with Crippen LogP contribution in [0.25, 0.3) is 0 Å². The van der Waals surface area contributed by atoms with Crippen LogP contribution in [-0.4, -0.2) is 75.3 Å². The predicted octanol–water partition coefficient (Wildman–Crippen LogP) is 1.67. The van der Waals surface area contributed by atoms with Gasteiger partial charge in [-0.1, -0.05) is 36.9 Å². The lowest BCUT2D eigenvalue weighted by molar-refractivity contribution is -0.0521. The summed E-state index contributed by atoms with van der Waals surface area (Å²) in [5.74, 6) is 0. The summed E-state index contributed by atoms with van der Waals surface area (Å²) in [4.78, 5) is 14.6. The van der Waals surface area contributed by atoms with Crippen molar-refractivity contribution in [3.05, 3.63) is 42.2 Å². The molecule has 0 radical (unpaired) electrons. The van der Waals surface area contributed by atoms with Gasteiger partial charge in [-0.2, -0.15) is 5.10 Å². The summed E-state index contributed by atoms with van der Waals surface area (Å²) in [6.07, 6.45) is 4.81. The molecule has 10 nitrogen and oxygen atoms in total. The minimum atomic E-state index is -0.159. The summed E-state index contributed by atoms with van der Waals surface area (Å²) in [5.41, 5.74) is 0.839. The molecule has 0 aromatic carbocycles. The van der Waals surface area contributed by atoms with Crippen LogP contribution in [0.15, 0.2) is 31.5 Å². The van der Waals surface area contributed by atoms with E-state index in [1.165, 1.54) is 0 Å². The van der Waals surface area contributed by atoms with Crippen LogP contribution < -0.4 is 14.2 Å². The molecule has 0 amide bonds. The maximum atomic E-state index is 6.22. The van der Waals surface area contributed by atoms with Gasteiger partial charge in [0.25, 0.3) is 0 Å². The van der Waals surface area contributed by atoms with E-state index in [0.717, 1.165) is 12.2 Å². The van der Waals surface area contributed by atoms with Gasteiger partial charge in [-0.05, 0) is 0 Å². The molecule has 1 atom stereocenters. The van der Waals surface area contributed by atoms with E-state index in [0.29, 0.717) is 24.7 Å². The SMILES string of the molecule is C=CCOc1nc(OCC=C)nc(OCC2CN(Cc3nn(C)cc3Cl)CCO2)n1. The number of ether oxygens (including phenoxy) is 4. The van der Waals surface area contributed by atoms with E-state index < -0.39 is 0 Å². The molecule has 1 aliphatic heterocycles. The van der Waals surface area contributed by atoms with Gasteiger partial charge in [0.15, 0.2) is 0 Å². The molecule has 3 rings (SSSR count). The molecule has 0 spiro atoms. The lowest BCUT2D eigenvalue weighted by Gasteiger charge is -2.32. The normalized spacial score (nSPS) is 16.8. The summed E-state index contributed by atoms with van der Waals surface area (Å²) < 4.78 is 24.0. The summed E-state index contributed by atoms with van der Waals surface area (Å²) in [6.45, 7) is 10.6. The Kier molecular flexibility index (Phi) is 8.00. The van der Waals surface area contributed by atoms with E-state index in [2.05, 4.69) is 38.1 Å². The van der Waals surface area contributed by atoms with Crippen molar-refractivity contribution in [2.75, 3.05) is 39.5 Å². The van der Waals surface area contributed by atoms with E-state index in [1.54, 1.807) is 23.0 Å². The van der Waals surface area contributed by atoms with Crippen LogP contribution in [0.4, 0.5) is 0 Å². The first-order valence-electron chi connectivity index (χ1n) is 9.45. The van der Waals surface area contributed by atoms with E-state index in [-0.39, 0.29) is 44.0 Å². The quantitative estimate of drug-likeness (QED) is 0.487. The number of halogens is 1. The molecular weight excluding hydrogens is 412 g/mol. The maximum Gasteiger partial charge on any atom is 0.326 e. The highest BCUT2D eigenvalue weighted by Crippen LogP contribution is 2.18. The smallest absolute Gasteiger partial charge is 0.326 e. The van der Waals surface area contributed by atoms with Gasteiger partial charge >= 0.3 is 18.0 Å². The Labute approximate surface area is 180 Å². The van der Waals surface area contributed by atoms with Gasteiger partial charge in [-0.3, -0.25) is 9.58 Å². The molecule has 1 saturated heterocycles. The van der Waals surface area contributed by atoms with Crippen molar-refractivity contribution in [3.63, 3.8) is 0 Å². The summed E-state index contributed by atoms with van der Waals surface area (Å²) in [6, 6.07) is 0.279. The van der Waals surface area contributed by atoms with Gasteiger partial charge < -0.3 is 18.9 Å². The largest absolute Gasteiger partial charge is 0.460 e. The molecule has 1 aliphatic rings. The van der Waals surface area contributed by atoms with Crippen LogP contribution in [0, 0.1) is 0 Å². The summed E-state index contributed by atoms with van der Waals surface area (Å²) in [5, 5.41) is 5.05. The zero-order valence-electron chi connectivity index (χ0n) is 16.9. The second kappa shape index (κ2) is 10.9.